The summed E-state index contributed by atoms with van der Waals surface area (Å²) < 4.78 is 23.6. The van der Waals surface area contributed by atoms with Crippen LogP contribution in [0.2, 0.25) is 0 Å². The van der Waals surface area contributed by atoms with E-state index in [1.807, 2.05) is 0 Å². The number of aliphatic hydroxyl groups is 1. The molecule has 1 aromatic carbocycles. The Morgan fingerprint density at radius 1 is 1.38 bits per heavy atom. The standard InChI is InChI=1S/C12H17FO3/c1-4-12(14,8-15-2)10-6-5-9(16-3)7-11(10)13/h5-7,14H,4,8H2,1-3H3. The second-order valence-corrected chi connectivity index (χ2v) is 3.66. The highest BCUT2D eigenvalue weighted by Crippen LogP contribution is 2.29. The van der Waals surface area contributed by atoms with Crippen molar-refractivity contribution in [2.75, 3.05) is 20.8 Å². The lowest BCUT2D eigenvalue weighted by Crippen LogP contribution is -2.31. The van der Waals surface area contributed by atoms with Crippen LogP contribution in [0.25, 0.3) is 0 Å². The van der Waals surface area contributed by atoms with Gasteiger partial charge in [0.25, 0.3) is 0 Å². The van der Waals surface area contributed by atoms with Crippen LogP contribution in [0.1, 0.15) is 18.9 Å². The zero-order valence-corrected chi connectivity index (χ0v) is 9.79. The van der Waals surface area contributed by atoms with E-state index >= 15 is 0 Å². The third-order valence-corrected chi connectivity index (χ3v) is 2.65. The highest BCUT2D eigenvalue weighted by Gasteiger charge is 2.30. The van der Waals surface area contributed by atoms with Crippen LogP contribution in [0.5, 0.6) is 5.75 Å². The molecule has 1 atom stereocenters. The summed E-state index contributed by atoms with van der Waals surface area (Å²) in [6.07, 6.45) is 0.379. The molecule has 0 heterocycles. The molecule has 0 amide bonds. The Bertz CT molecular complexity index is 354. The van der Waals surface area contributed by atoms with Crippen molar-refractivity contribution in [3.8, 4) is 5.75 Å². The lowest BCUT2D eigenvalue weighted by atomic mass is 9.91. The van der Waals surface area contributed by atoms with Crippen LogP contribution in [0, 0.1) is 5.82 Å². The summed E-state index contributed by atoms with van der Waals surface area (Å²) in [6.45, 7) is 1.84. The van der Waals surface area contributed by atoms with Crippen molar-refractivity contribution in [1.29, 1.82) is 0 Å². The molecule has 0 bridgehead atoms. The maximum atomic E-state index is 13.7. The number of hydrogen-bond donors (Lipinski definition) is 1. The average molecular weight is 228 g/mol. The molecule has 0 aliphatic heterocycles. The van der Waals surface area contributed by atoms with E-state index in [9.17, 15) is 9.50 Å². The van der Waals surface area contributed by atoms with Crippen LogP contribution in [-0.2, 0) is 10.3 Å². The molecule has 0 saturated carbocycles. The first-order valence-electron chi connectivity index (χ1n) is 5.12. The normalized spacial score (nSPS) is 14.6. The number of benzene rings is 1. The van der Waals surface area contributed by atoms with Gasteiger partial charge in [0.1, 0.15) is 17.2 Å². The van der Waals surface area contributed by atoms with Crippen molar-refractivity contribution < 1.29 is 19.0 Å². The summed E-state index contributed by atoms with van der Waals surface area (Å²) in [7, 11) is 2.94. The molecular formula is C12H17FO3. The lowest BCUT2D eigenvalue weighted by Gasteiger charge is -2.26. The molecule has 1 rings (SSSR count). The third-order valence-electron chi connectivity index (χ3n) is 2.65. The van der Waals surface area contributed by atoms with E-state index in [-0.39, 0.29) is 12.2 Å². The zero-order valence-electron chi connectivity index (χ0n) is 9.79. The second-order valence-electron chi connectivity index (χ2n) is 3.66. The van der Waals surface area contributed by atoms with Gasteiger partial charge in [-0.15, -0.1) is 0 Å². The molecule has 1 aromatic rings. The molecule has 1 N–H and O–H groups in total. The summed E-state index contributed by atoms with van der Waals surface area (Å²) in [5.41, 5.74) is -1.05. The zero-order chi connectivity index (χ0) is 12.2. The molecule has 16 heavy (non-hydrogen) atoms. The number of halogens is 1. The van der Waals surface area contributed by atoms with Crippen molar-refractivity contribution in [3.63, 3.8) is 0 Å². The van der Waals surface area contributed by atoms with Crippen LogP contribution in [0.4, 0.5) is 4.39 Å². The Labute approximate surface area is 94.8 Å². The predicted molar refractivity (Wildman–Crippen MR) is 59.0 cm³/mol. The van der Waals surface area contributed by atoms with Crippen molar-refractivity contribution in [2.45, 2.75) is 18.9 Å². The molecule has 0 aliphatic carbocycles. The van der Waals surface area contributed by atoms with E-state index in [1.165, 1.54) is 26.4 Å². The van der Waals surface area contributed by atoms with Gasteiger partial charge in [-0.25, -0.2) is 4.39 Å². The fraction of sp³-hybridized carbons (Fsp3) is 0.500. The molecule has 0 fully saturated rings. The van der Waals surface area contributed by atoms with Gasteiger partial charge in [-0.1, -0.05) is 6.92 Å². The minimum absolute atomic E-state index is 0.0623. The predicted octanol–water partition coefficient (Wildman–Crippen LogP) is 2.08. The Kier molecular flexibility index (Phi) is 4.26. The van der Waals surface area contributed by atoms with Gasteiger partial charge in [-0.2, -0.15) is 0 Å². The molecule has 1 unspecified atom stereocenters. The fourth-order valence-electron chi connectivity index (χ4n) is 1.61. The van der Waals surface area contributed by atoms with Crippen LogP contribution in [0.3, 0.4) is 0 Å². The Hall–Kier alpha value is -1.13. The molecule has 90 valence electrons. The first-order chi connectivity index (χ1) is 7.57. The van der Waals surface area contributed by atoms with Crippen LogP contribution in [0.15, 0.2) is 18.2 Å². The highest BCUT2D eigenvalue weighted by molar-refractivity contribution is 5.32. The molecule has 0 aliphatic rings. The van der Waals surface area contributed by atoms with Crippen LogP contribution in [-0.4, -0.2) is 25.9 Å². The van der Waals surface area contributed by atoms with Gasteiger partial charge >= 0.3 is 0 Å². The summed E-state index contributed by atoms with van der Waals surface area (Å²) in [6, 6.07) is 4.40. The van der Waals surface area contributed by atoms with E-state index in [0.29, 0.717) is 12.2 Å². The Morgan fingerprint density at radius 3 is 2.50 bits per heavy atom. The fourth-order valence-corrected chi connectivity index (χ4v) is 1.61. The number of ether oxygens (including phenoxy) is 2. The number of methoxy groups -OCH3 is 2. The highest BCUT2D eigenvalue weighted by atomic mass is 19.1. The van der Waals surface area contributed by atoms with E-state index in [2.05, 4.69) is 0 Å². The summed E-state index contributed by atoms with van der Waals surface area (Å²) >= 11 is 0. The molecule has 4 heteroatoms. The van der Waals surface area contributed by atoms with Gasteiger partial charge in [-0.05, 0) is 18.6 Å². The smallest absolute Gasteiger partial charge is 0.133 e. The molecule has 0 aromatic heterocycles. The van der Waals surface area contributed by atoms with Gasteiger partial charge in [0.15, 0.2) is 0 Å². The van der Waals surface area contributed by atoms with Gasteiger partial charge < -0.3 is 14.6 Å². The van der Waals surface area contributed by atoms with Crippen molar-refractivity contribution in [1.82, 2.24) is 0 Å². The maximum Gasteiger partial charge on any atom is 0.133 e. The summed E-state index contributed by atoms with van der Waals surface area (Å²) in [4.78, 5) is 0. The number of rotatable bonds is 5. The van der Waals surface area contributed by atoms with E-state index in [1.54, 1.807) is 13.0 Å². The second kappa shape index (κ2) is 5.27. The summed E-state index contributed by atoms with van der Waals surface area (Å²) in [5.74, 6) is -0.0575. The minimum Gasteiger partial charge on any atom is -0.497 e. The molecular weight excluding hydrogens is 211 g/mol. The monoisotopic (exact) mass is 228 g/mol. The number of hydrogen-bond acceptors (Lipinski definition) is 3. The van der Waals surface area contributed by atoms with Crippen molar-refractivity contribution in [2.24, 2.45) is 0 Å². The quantitative estimate of drug-likeness (QED) is 0.838. The lowest BCUT2D eigenvalue weighted by molar-refractivity contribution is -0.0410. The Balaban J connectivity index is 3.10. The topological polar surface area (TPSA) is 38.7 Å². The van der Waals surface area contributed by atoms with Crippen LogP contribution < -0.4 is 4.74 Å². The first-order valence-corrected chi connectivity index (χ1v) is 5.12. The van der Waals surface area contributed by atoms with Gasteiger partial charge in [-0.3, -0.25) is 0 Å². The van der Waals surface area contributed by atoms with E-state index in [0.717, 1.165) is 0 Å². The molecule has 3 nitrogen and oxygen atoms in total. The van der Waals surface area contributed by atoms with Gasteiger partial charge in [0, 0.05) is 18.7 Å². The maximum absolute atomic E-state index is 13.7. The molecule has 0 spiro atoms. The van der Waals surface area contributed by atoms with Crippen LogP contribution >= 0.6 is 0 Å². The average Bonchev–Trinajstić information content (AvgIpc) is 2.28. The SMILES string of the molecule is CCC(O)(COC)c1ccc(OC)cc1F. The minimum atomic E-state index is -1.29. The van der Waals surface area contributed by atoms with E-state index < -0.39 is 11.4 Å². The van der Waals surface area contributed by atoms with Crippen molar-refractivity contribution in [3.05, 3.63) is 29.6 Å². The summed E-state index contributed by atoms with van der Waals surface area (Å²) in [5, 5.41) is 10.2. The van der Waals surface area contributed by atoms with Crippen molar-refractivity contribution >= 4 is 0 Å². The van der Waals surface area contributed by atoms with Gasteiger partial charge in [0.05, 0.1) is 13.7 Å². The van der Waals surface area contributed by atoms with E-state index in [4.69, 9.17) is 9.47 Å². The third kappa shape index (κ3) is 2.51. The molecule has 0 radical (unpaired) electrons. The first kappa shape index (κ1) is 12.9. The largest absolute Gasteiger partial charge is 0.497 e. The Morgan fingerprint density at radius 2 is 2.06 bits per heavy atom. The van der Waals surface area contributed by atoms with Gasteiger partial charge in [0.2, 0.25) is 0 Å². The molecule has 0 saturated heterocycles.